The van der Waals surface area contributed by atoms with Gasteiger partial charge in [-0.1, -0.05) is 6.07 Å². The number of rotatable bonds is 4. The van der Waals surface area contributed by atoms with Crippen molar-refractivity contribution in [3.05, 3.63) is 53.8 Å². The number of hydrogen-bond acceptors (Lipinski definition) is 3. The summed E-state index contributed by atoms with van der Waals surface area (Å²) in [6.45, 7) is 2.24. The predicted molar refractivity (Wildman–Crippen MR) is 81.2 cm³/mol. The number of nitrogen functional groups attached to an aromatic ring is 1. The lowest BCUT2D eigenvalue weighted by molar-refractivity contribution is 0.0988. The molecule has 0 aromatic heterocycles. The number of benzene rings is 2. The van der Waals surface area contributed by atoms with Crippen LogP contribution in [0.3, 0.4) is 0 Å². The number of nitrogens with two attached hydrogens (primary N) is 1. The van der Waals surface area contributed by atoms with E-state index in [4.69, 9.17) is 10.5 Å². The Morgan fingerprint density at radius 2 is 2.05 bits per heavy atom. The van der Waals surface area contributed by atoms with Crippen LogP contribution in [0, 0.1) is 5.82 Å². The molecule has 0 spiro atoms. The Kier molecular flexibility index (Phi) is 4.42. The summed E-state index contributed by atoms with van der Waals surface area (Å²) in [5.74, 6) is -0.133. The second-order valence-corrected chi connectivity index (χ2v) is 4.52. The Morgan fingerprint density at radius 3 is 2.67 bits per heavy atom. The van der Waals surface area contributed by atoms with Crippen LogP contribution in [-0.4, -0.2) is 19.6 Å². The Morgan fingerprint density at radius 1 is 1.29 bits per heavy atom. The smallest absolute Gasteiger partial charge is 0.258 e. The number of carbonyl (C=O) groups is 1. The molecular weight excluding hydrogens is 271 g/mol. The second kappa shape index (κ2) is 6.26. The molecule has 2 aromatic carbocycles. The maximum absolute atomic E-state index is 13.3. The van der Waals surface area contributed by atoms with Crippen molar-refractivity contribution in [3.8, 4) is 5.75 Å². The van der Waals surface area contributed by atoms with Crippen LogP contribution in [0.25, 0.3) is 0 Å². The minimum atomic E-state index is -0.385. The zero-order chi connectivity index (χ0) is 15.4. The van der Waals surface area contributed by atoms with Crippen molar-refractivity contribution >= 4 is 17.3 Å². The fourth-order valence-electron chi connectivity index (χ4n) is 2.11. The van der Waals surface area contributed by atoms with Crippen LogP contribution < -0.4 is 15.4 Å². The van der Waals surface area contributed by atoms with E-state index in [0.29, 0.717) is 29.2 Å². The molecule has 1 amide bonds. The molecule has 0 heterocycles. The van der Waals surface area contributed by atoms with Crippen LogP contribution >= 0.6 is 0 Å². The van der Waals surface area contributed by atoms with E-state index >= 15 is 0 Å². The maximum Gasteiger partial charge on any atom is 0.258 e. The minimum absolute atomic E-state index is 0.256. The first-order valence-electron chi connectivity index (χ1n) is 6.57. The third-order valence-electron chi connectivity index (χ3n) is 3.09. The molecule has 2 rings (SSSR count). The standard InChI is InChI=1S/C16H17FN2O2/c1-3-19(14-6-4-5-12(17)9-14)16(20)11-7-13(18)10-15(8-11)21-2/h4-10H,3,18H2,1-2H3. The first-order valence-corrected chi connectivity index (χ1v) is 6.57. The van der Waals surface area contributed by atoms with Crippen molar-refractivity contribution in [1.29, 1.82) is 0 Å². The molecule has 110 valence electrons. The van der Waals surface area contributed by atoms with E-state index in [9.17, 15) is 9.18 Å². The average Bonchev–Trinajstić information content (AvgIpc) is 2.47. The lowest BCUT2D eigenvalue weighted by Crippen LogP contribution is -2.30. The first kappa shape index (κ1) is 14.8. The number of carbonyl (C=O) groups excluding carboxylic acids is 1. The zero-order valence-electron chi connectivity index (χ0n) is 12.0. The molecule has 0 atom stereocenters. The summed E-state index contributed by atoms with van der Waals surface area (Å²) in [7, 11) is 1.51. The molecule has 0 fully saturated rings. The molecule has 0 unspecified atom stereocenters. The van der Waals surface area contributed by atoms with Crippen molar-refractivity contribution in [2.75, 3.05) is 24.3 Å². The fraction of sp³-hybridized carbons (Fsp3) is 0.188. The van der Waals surface area contributed by atoms with E-state index in [2.05, 4.69) is 0 Å². The summed E-state index contributed by atoms with van der Waals surface area (Å²) >= 11 is 0. The van der Waals surface area contributed by atoms with Gasteiger partial charge >= 0.3 is 0 Å². The Labute approximate surface area is 122 Å². The lowest BCUT2D eigenvalue weighted by Gasteiger charge is -2.21. The van der Waals surface area contributed by atoms with Gasteiger partial charge in [-0.2, -0.15) is 0 Å². The number of nitrogens with zero attached hydrogens (tertiary/aromatic N) is 1. The van der Waals surface area contributed by atoms with Crippen LogP contribution in [-0.2, 0) is 0 Å². The Balaban J connectivity index is 2.39. The van der Waals surface area contributed by atoms with Crippen molar-refractivity contribution < 1.29 is 13.9 Å². The molecule has 0 saturated carbocycles. The quantitative estimate of drug-likeness (QED) is 0.880. The third kappa shape index (κ3) is 3.31. The van der Waals surface area contributed by atoms with Gasteiger partial charge in [-0.25, -0.2) is 4.39 Å². The lowest BCUT2D eigenvalue weighted by atomic mass is 10.1. The number of ether oxygens (including phenoxy) is 1. The summed E-state index contributed by atoms with van der Waals surface area (Å²) in [5, 5.41) is 0. The van der Waals surface area contributed by atoms with Gasteiger partial charge in [0.25, 0.3) is 5.91 Å². The summed E-state index contributed by atoms with van der Waals surface area (Å²) in [6, 6.07) is 10.7. The summed E-state index contributed by atoms with van der Waals surface area (Å²) in [5.41, 5.74) is 7.11. The molecule has 0 saturated heterocycles. The molecule has 4 nitrogen and oxygen atoms in total. The van der Waals surface area contributed by atoms with Gasteiger partial charge in [0, 0.05) is 29.5 Å². The van der Waals surface area contributed by atoms with Gasteiger partial charge < -0.3 is 15.4 Å². The monoisotopic (exact) mass is 288 g/mol. The van der Waals surface area contributed by atoms with Crippen molar-refractivity contribution in [1.82, 2.24) is 0 Å². The van der Waals surface area contributed by atoms with Gasteiger partial charge in [0.15, 0.2) is 0 Å². The van der Waals surface area contributed by atoms with Crippen LogP contribution in [0.2, 0.25) is 0 Å². The molecular formula is C16H17FN2O2. The van der Waals surface area contributed by atoms with Gasteiger partial charge in [0.2, 0.25) is 0 Å². The largest absolute Gasteiger partial charge is 0.497 e. The number of anilines is 2. The molecule has 21 heavy (non-hydrogen) atoms. The number of halogens is 1. The first-order chi connectivity index (χ1) is 10.0. The predicted octanol–water partition coefficient (Wildman–Crippen LogP) is 3.08. The van der Waals surface area contributed by atoms with E-state index in [1.54, 1.807) is 30.3 Å². The highest BCUT2D eigenvalue weighted by molar-refractivity contribution is 6.06. The SMILES string of the molecule is CCN(C(=O)c1cc(N)cc(OC)c1)c1cccc(F)c1. The fourth-order valence-corrected chi connectivity index (χ4v) is 2.11. The van der Waals surface area contributed by atoms with Crippen LogP contribution in [0.15, 0.2) is 42.5 Å². The van der Waals surface area contributed by atoms with E-state index < -0.39 is 0 Å². The summed E-state index contributed by atoms with van der Waals surface area (Å²) in [6.07, 6.45) is 0. The van der Waals surface area contributed by atoms with Crippen molar-refractivity contribution in [2.45, 2.75) is 6.92 Å². The maximum atomic E-state index is 13.3. The molecule has 0 bridgehead atoms. The Bertz CT molecular complexity index is 658. The summed E-state index contributed by atoms with van der Waals surface area (Å²) < 4.78 is 18.4. The summed E-state index contributed by atoms with van der Waals surface area (Å²) in [4.78, 5) is 14.1. The number of methoxy groups -OCH3 is 1. The average molecular weight is 288 g/mol. The van der Waals surface area contributed by atoms with E-state index in [1.807, 2.05) is 6.92 Å². The minimum Gasteiger partial charge on any atom is -0.497 e. The van der Waals surface area contributed by atoms with Gasteiger partial charge in [0.1, 0.15) is 11.6 Å². The van der Waals surface area contributed by atoms with Gasteiger partial charge in [0.05, 0.1) is 7.11 Å². The topological polar surface area (TPSA) is 55.6 Å². The van der Waals surface area contributed by atoms with Gasteiger partial charge in [-0.05, 0) is 37.3 Å². The molecule has 0 aliphatic rings. The molecule has 0 aliphatic carbocycles. The van der Waals surface area contributed by atoms with E-state index in [1.165, 1.54) is 24.1 Å². The normalized spacial score (nSPS) is 10.2. The van der Waals surface area contributed by atoms with Crippen LogP contribution in [0.1, 0.15) is 17.3 Å². The second-order valence-electron chi connectivity index (χ2n) is 4.52. The molecule has 5 heteroatoms. The van der Waals surface area contributed by atoms with Gasteiger partial charge in [-0.15, -0.1) is 0 Å². The van der Waals surface area contributed by atoms with Crippen molar-refractivity contribution in [3.63, 3.8) is 0 Å². The molecule has 2 aromatic rings. The van der Waals surface area contributed by atoms with Gasteiger partial charge in [-0.3, -0.25) is 4.79 Å². The molecule has 0 radical (unpaired) electrons. The van der Waals surface area contributed by atoms with E-state index in [0.717, 1.165) is 0 Å². The highest BCUT2D eigenvalue weighted by Crippen LogP contribution is 2.23. The molecule has 0 aliphatic heterocycles. The number of amides is 1. The van der Waals surface area contributed by atoms with Crippen molar-refractivity contribution in [2.24, 2.45) is 0 Å². The highest BCUT2D eigenvalue weighted by atomic mass is 19.1. The Hall–Kier alpha value is -2.56. The van der Waals surface area contributed by atoms with Crippen LogP contribution in [0.5, 0.6) is 5.75 Å². The highest BCUT2D eigenvalue weighted by Gasteiger charge is 2.17. The molecule has 2 N–H and O–H groups in total. The van der Waals surface area contributed by atoms with E-state index in [-0.39, 0.29) is 11.7 Å². The van der Waals surface area contributed by atoms with Crippen LogP contribution in [0.4, 0.5) is 15.8 Å². The third-order valence-corrected chi connectivity index (χ3v) is 3.09. The zero-order valence-corrected chi connectivity index (χ0v) is 12.0. The number of hydrogen-bond donors (Lipinski definition) is 1.